The maximum absolute atomic E-state index is 6.52. The van der Waals surface area contributed by atoms with E-state index in [1.807, 2.05) is 6.08 Å². The molecule has 0 aliphatic carbocycles. The number of alkyl halides is 2. The van der Waals surface area contributed by atoms with Crippen LogP contribution in [0, 0.1) is 5.92 Å². The summed E-state index contributed by atoms with van der Waals surface area (Å²) >= 11 is 13.0. The largest absolute Gasteiger partial charge is 0.502 e. The second-order valence-electron chi connectivity index (χ2n) is 6.16. The lowest BCUT2D eigenvalue weighted by atomic mass is 9.91. The average Bonchev–Trinajstić information content (AvgIpc) is 2.51. The fraction of sp³-hybridized carbons (Fsp3) is 0.895. The molecule has 0 saturated heterocycles. The molecule has 3 heteroatoms. The minimum absolute atomic E-state index is 0.380. The van der Waals surface area contributed by atoms with Gasteiger partial charge in [0, 0.05) is 0 Å². The van der Waals surface area contributed by atoms with Gasteiger partial charge in [-0.1, -0.05) is 65.4 Å². The van der Waals surface area contributed by atoms with E-state index in [0.29, 0.717) is 5.92 Å². The monoisotopic (exact) mass is 350 g/mol. The summed E-state index contributed by atoms with van der Waals surface area (Å²) in [6, 6.07) is 0. The van der Waals surface area contributed by atoms with E-state index in [1.54, 1.807) is 6.26 Å². The van der Waals surface area contributed by atoms with Crippen LogP contribution in [0.1, 0.15) is 91.4 Å². The Morgan fingerprint density at radius 1 is 0.909 bits per heavy atom. The Morgan fingerprint density at radius 3 is 2.18 bits per heavy atom. The third-order valence-electron chi connectivity index (χ3n) is 4.22. The van der Waals surface area contributed by atoms with Crippen LogP contribution in [-0.4, -0.2) is 10.9 Å². The van der Waals surface area contributed by atoms with Crippen LogP contribution in [0.4, 0.5) is 0 Å². The van der Waals surface area contributed by atoms with E-state index < -0.39 is 4.33 Å². The van der Waals surface area contributed by atoms with Crippen LogP contribution in [0.25, 0.3) is 0 Å². The second-order valence-corrected chi connectivity index (χ2v) is 7.70. The van der Waals surface area contributed by atoms with Gasteiger partial charge in [0.15, 0.2) is 0 Å². The van der Waals surface area contributed by atoms with E-state index >= 15 is 0 Å². The number of unbranched alkanes of at least 4 members (excludes halogenated alkanes) is 5. The third kappa shape index (κ3) is 11.7. The molecule has 0 aliphatic heterocycles. The molecule has 0 spiro atoms. The zero-order valence-corrected chi connectivity index (χ0v) is 16.4. The smallest absolute Gasteiger partial charge is 0.120 e. The Labute approximate surface area is 148 Å². The van der Waals surface area contributed by atoms with Crippen molar-refractivity contribution < 1.29 is 4.74 Å². The minimum atomic E-state index is -0.581. The molecule has 0 aromatic rings. The van der Waals surface area contributed by atoms with Crippen molar-refractivity contribution in [3.8, 4) is 0 Å². The van der Waals surface area contributed by atoms with Crippen molar-refractivity contribution in [2.45, 2.75) is 95.7 Å². The van der Waals surface area contributed by atoms with Gasteiger partial charge in [-0.2, -0.15) is 0 Å². The standard InChI is InChI=1S/C19H36Cl2O/c1-4-7-9-10-11-12-14-18(19(20,21)6-3)15-13-17-22-16-8-5-2/h8,16,18H,4-7,9-15,17H2,1-3H3. The van der Waals surface area contributed by atoms with E-state index in [2.05, 4.69) is 20.8 Å². The van der Waals surface area contributed by atoms with Crippen molar-refractivity contribution in [2.75, 3.05) is 6.61 Å². The predicted molar refractivity (Wildman–Crippen MR) is 101 cm³/mol. The highest BCUT2D eigenvalue weighted by Crippen LogP contribution is 2.39. The van der Waals surface area contributed by atoms with Crippen LogP contribution in [0.5, 0.6) is 0 Å². The van der Waals surface area contributed by atoms with Crippen LogP contribution >= 0.6 is 23.2 Å². The molecule has 0 rings (SSSR count). The summed E-state index contributed by atoms with van der Waals surface area (Å²) in [5.41, 5.74) is 0. The first-order chi connectivity index (χ1) is 10.6. The molecule has 1 unspecified atom stereocenters. The van der Waals surface area contributed by atoms with Gasteiger partial charge in [0.1, 0.15) is 4.33 Å². The summed E-state index contributed by atoms with van der Waals surface area (Å²) in [6.07, 6.45) is 16.8. The summed E-state index contributed by atoms with van der Waals surface area (Å²) in [7, 11) is 0. The SMILES string of the molecule is CCC=COCCCC(CCCCCCCC)C(Cl)(Cl)CC. The Hall–Kier alpha value is 0.120. The number of allylic oxidation sites excluding steroid dienone is 1. The lowest BCUT2D eigenvalue weighted by molar-refractivity contribution is 0.225. The first-order valence-corrected chi connectivity index (χ1v) is 9.98. The van der Waals surface area contributed by atoms with Gasteiger partial charge in [0.2, 0.25) is 0 Å². The zero-order chi connectivity index (χ0) is 16.7. The number of ether oxygens (including phenoxy) is 1. The lowest BCUT2D eigenvalue weighted by Gasteiger charge is -2.29. The number of rotatable bonds is 15. The fourth-order valence-corrected chi connectivity index (χ4v) is 3.11. The van der Waals surface area contributed by atoms with Crippen molar-refractivity contribution in [1.29, 1.82) is 0 Å². The molecular formula is C19H36Cl2O. The molecule has 0 amide bonds. The quantitative estimate of drug-likeness (QED) is 0.167. The van der Waals surface area contributed by atoms with Gasteiger partial charge in [-0.25, -0.2) is 0 Å². The molecule has 132 valence electrons. The summed E-state index contributed by atoms with van der Waals surface area (Å²) in [4.78, 5) is 0. The number of hydrogen-bond acceptors (Lipinski definition) is 1. The molecule has 1 atom stereocenters. The molecule has 0 heterocycles. The lowest BCUT2D eigenvalue weighted by Crippen LogP contribution is -2.25. The molecular weight excluding hydrogens is 315 g/mol. The number of hydrogen-bond donors (Lipinski definition) is 0. The van der Waals surface area contributed by atoms with Gasteiger partial charge in [0.25, 0.3) is 0 Å². The Bertz CT molecular complexity index is 264. The first kappa shape index (κ1) is 22.1. The summed E-state index contributed by atoms with van der Waals surface area (Å²) in [5, 5.41) is 0. The van der Waals surface area contributed by atoms with Crippen LogP contribution < -0.4 is 0 Å². The van der Waals surface area contributed by atoms with Crippen molar-refractivity contribution >= 4 is 23.2 Å². The highest BCUT2D eigenvalue weighted by molar-refractivity contribution is 6.48. The molecule has 0 aliphatic rings. The van der Waals surface area contributed by atoms with Crippen molar-refractivity contribution in [1.82, 2.24) is 0 Å². The maximum atomic E-state index is 6.52. The Kier molecular flexibility index (Phi) is 14.8. The molecule has 0 saturated carbocycles. The highest BCUT2D eigenvalue weighted by Gasteiger charge is 2.31. The summed E-state index contributed by atoms with van der Waals surface area (Å²) in [6.45, 7) is 7.20. The van der Waals surface area contributed by atoms with E-state index in [4.69, 9.17) is 27.9 Å². The molecule has 0 aromatic carbocycles. The second kappa shape index (κ2) is 14.7. The molecule has 0 aromatic heterocycles. The Balaban J connectivity index is 3.98. The highest BCUT2D eigenvalue weighted by atomic mass is 35.5. The first-order valence-electron chi connectivity index (χ1n) is 9.22. The van der Waals surface area contributed by atoms with Gasteiger partial charge >= 0.3 is 0 Å². The van der Waals surface area contributed by atoms with Gasteiger partial charge in [0.05, 0.1) is 12.9 Å². The molecule has 0 fully saturated rings. The maximum Gasteiger partial charge on any atom is 0.120 e. The van der Waals surface area contributed by atoms with E-state index in [9.17, 15) is 0 Å². The van der Waals surface area contributed by atoms with E-state index in [0.717, 1.165) is 38.7 Å². The topological polar surface area (TPSA) is 9.23 Å². The van der Waals surface area contributed by atoms with E-state index in [-0.39, 0.29) is 0 Å². The van der Waals surface area contributed by atoms with Gasteiger partial charge in [-0.05, 0) is 38.0 Å². The minimum Gasteiger partial charge on any atom is -0.502 e. The van der Waals surface area contributed by atoms with Crippen LogP contribution in [-0.2, 0) is 4.74 Å². The molecule has 1 nitrogen and oxygen atoms in total. The van der Waals surface area contributed by atoms with Gasteiger partial charge in [-0.15, -0.1) is 23.2 Å². The molecule has 0 N–H and O–H groups in total. The normalized spacial score (nSPS) is 13.7. The van der Waals surface area contributed by atoms with Crippen LogP contribution in [0.15, 0.2) is 12.3 Å². The zero-order valence-electron chi connectivity index (χ0n) is 14.9. The third-order valence-corrected chi connectivity index (χ3v) is 5.37. The van der Waals surface area contributed by atoms with Crippen molar-refractivity contribution in [3.63, 3.8) is 0 Å². The molecule has 0 radical (unpaired) electrons. The van der Waals surface area contributed by atoms with E-state index in [1.165, 1.54) is 38.5 Å². The van der Waals surface area contributed by atoms with Gasteiger partial charge < -0.3 is 4.74 Å². The summed E-state index contributed by atoms with van der Waals surface area (Å²) < 4.78 is 4.89. The number of halogens is 2. The fourth-order valence-electron chi connectivity index (χ4n) is 2.67. The van der Waals surface area contributed by atoms with Crippen molar-refractivity contribution in [3.05, 3.63) is 12.3 Å². The predicted octanol–water partition coefficient (Wildman–Crippen LogP) is 7.66. The van der Waals surface area contributed by atoms with Crippen LogP contribution in [0.2, 0.25) is 0 Å². The van der Waals surface area contributed by atoms with Crippen molar-refractivity contribution in [2.24, 2.45) is 5.92 Å². The molecule has 22 heavy (non-hydrogen) atoms. The van der Waals surface area contributed by atoms with Crippen LogP contribution in [0.3, 0.4) is 0 Å². The summed E-state index contributed by atoms with van der Waals surface area (Å²) in [5.74, 6) is 0.380. The van der Waals surface area contributed by atoms with Gasteiger partial charge in [-0.3, -0.25) is 0 Å². The average molecular weight is 351 g/mol. The Morgan fingerprint density at radius 2 is 1.55 bits per heavy atom. The molecule has 0 bridgehead atoms.